The molecule has 2 rings (SSSR count). The Kier molecular flexibility index (Phi) is 2.23. The zero-order chi connectivity index (χ0) is 9.97. The van der Waals surface area contributed by atoms with Gasteiger partial charge in [0.1, 0.15) is 0 Å². The Labute approximate surface area is 83.2 Å². The molecule has 3 nitrogen and oxygen atoms in total. The molecule has 2 aromatic rings. The molecule has 1 aromatic heterocycles. The molecule has 0 fully saturated rings. The predicted octanol–water partition coefficient (Wildman–Crippen LogP) is 2.02. The summed E-state index contributed by atoms with van der Waals surface area (Å²) in [7, 11) is 0. The van der Waals surface area contributed by atoms with Crippen LogP contribution >= 0.6 is 0 Å². The van der Waals surface area contributed by atoms with E-state index in [2.05, 4.69) is 18.0 Å². The van der Waals surface area contributed by atoms with Crippen molar-refractivity contribution in [1.82, 2.24) is 9.55 Å². The molecule has 0 bridgehead atoms. The Hall–Kier alpha value is -1.77. The van der Waals surface area contributed by atoms with Crippen LogP contribution in [0.1, 0.15) is 12.5 Å². The quantitative estimate of drug-likeness (QED) is 0.731. The van der Waals surface area contributed by atoms with E-state index < -0.39 is 0 Å². The van der Waals surface area contributed by atoms with Crippen molar-refractivity contribution >= 4 is 5.69 Å². The topological polar surface area (TPSA) is 43.8 Å². The molecule has 14 heavy (non-hydrogen) atoms. The van der Waals surface area contributed by atoms with Gasteiger partial charge in [-0.05, 0) is 24.1 Å². The molecule has 0 aliphatic heterocycles. The molecule has 0 atom stereocenters. The van der Waals surface area contributed by atoms with E-state index in [1.807, 2.05) is 22.9 Å². The third-order valence-corrected chi connectivity index (χ3v) is 2.28. The number of benzene rings is 1. The first-order chi connectivity index (χ1) is 6.81. The minimum Gasteiger partial charge on any atom is -0.397 e. The van der Waals surface area contributed by atoms with Crippen LogP contribution < -0.4 is 5.73 Å². The summed E-state index contributed by atoms with van der Waals surface area (Å²) in [5.41, 5.74) is 8.98. The van der Waals surface area contributed by atoms with E-state index in [0.717, 1.165) is 17.8 Å². The van der Waals surface area contributed by atoms with E-state index in [9.17, 15) is 0 Å². The number of hydrogen-bond donors (Lipinski definition) is 1. The van der Waals surface area contributed by atoms with Crippen molar-refractivity contribution in [2.45, 2.75) is 13.3 Å². The van der Waals surface area contributed by atoms with Gasteiger partial charge in [-0.1, -0.05) is 13.0 Å². The lowest BCUT2D eigenvalue weighted by Gasteiger charge is -2.07. The summed E-state index contributed by atoms with van der Waals surface area (Å²) in [4.78, 5) is 3.99. The summed E-state index contributed by atoms with van der Waals surface area (Å²) >= 11 is 0. The second kappa shape index (κ2) is 3.54. The lowest BCUT2D eigenvalue weighted by molar-refractivity contribution is 1.05. The molecular weight excluding hydrogens is 174 g/mol. The van der Waals surface area contributed by atoms with Gasteiger partial charge in [-0.2, -0.15) is 0 Å². The van der Waals surface area contributed by atoms with E-state index >= 15 is 0 Å². The second-order valence-corrected chi connectivity index (χ2v) is 3.22. The van der Waals surface area contributed by atoms with E-state index in [1.165, 1.54) is 5.56 Å². The molecule has 72 valence electrons. The van der Waals surface area contributed by atoms with Gasteiger partial charge >= 0.3 is 0 Å². The van der Waals surface area contributed by atoms with Crippen LogP contribution in [-0.2, 0) is 6.42 Å². The molecule has 0 saturated carbocycles. The zero-order valence-corrected chi connectivity index (χ0v) is 8.14. The zero-order valence-electron chi connectivity index (χ0n) is 8.14. The fraction of sp³-hybridized carbons (Fsp3) is 0.182. The molecule has 0 saturated heterocycles. The monoisotopic (exact) mass is 187 g/mol. The number of rotatable bonds is 2. The molecule has 1 aromatic carbocycles. The smallest absolute Gasteiger partial charge is 0.0992 e. The van der Waals surface area contributed by atoms with Crippen molar-refractivity contribution in [2.24, 2.45) is 0 Å². The van der Waals surface area contributed by atoms with Gasteiger partial charge in [0.05, 0.1) is 17.7 Å². The van der Waals surface area contributed by atoms with Crippen molar-refractivity contribution in [2.75, 3.05) is 5.73 Å². The van der Waals surface area contributed by atoms with Crippen LogP contribution in [0, 0.1) is 0 Å². The molecule has 0 spiro atoms. The van der Waals surface area contributed by atoms with Crippen molar-refractivity contribution in [3.63, 3.8) is 0 Å². The summed E-state index contributed by atoms with van der Waals surface area (Å²) in [5.74, 6) is 0. The minimum absolute atomic E-state index is 0.794. The third-order valence-electron chi connectivity index (χ3n) is 2.28. The first-order valence-electron chi connectivity index (χ1n) is 4.68. The van der Waals surface area contributed by atoms with Crippen LogP contribution in [0.2, 0.25) is 0 Å². The summed E-state index contributed by atoms with van der Waals surface area (Å²) < 4.78 is 1.91. The fourth-order valence-electron chi connectivity index (χ4n) is 1.46. The molecule has 3 heteroatoms. The van der Waals surface area contributed by atoms with Gasteiger partial charge in [-0.3, -0.25) is 0 Å². The number of anilines is 1. The van der Waals surface area contributed by atoms with Crippen LogP contribution in [0.4, 0.5) is 5.69 Å². The predicted molar refractivity (Wildman–Crippen MR) is 57.4 cm³/mol. The second-order valence-electron chi connectivity index (χ2n) is 3.22. The maximum Gasteiger partial charge on any atom is 0.0992 e. The SMILES string of the molecule is CCc1ccc(-n2ccnc2)c(N)c1. The largest absolute Gasteiger partial charge is 0.397 e. The molecule has 0 amide bonds. The maximum absolute atomic E-state index is 5.94. The fourth-order valence-corrected chi connectivity index (χ4v) is 1.46. The van der Waals surface area contributed by atoms with Crippen LogP contribution in [0.25, 0.3) is 5.69 Å². The Morgan fingerprint density at radius 1 is 1.43 bits per heavy atom. The van der Waals surface area contributed by atoms with Gasteiger partial charge in [-0.25, -0.2) is 4.98 Å². The average Bonchev–Trinajstić information content (AvgIpc) is 2.70. The van der Waals surface area contributed by atoms with Gasteiger partial charge in [0.15, 0.2) is 0 Å². The number of hydrogen-bond acceptors (Lipinski definition) is 2. The first kappa shape index (κ1) is 8.81. The number of aromatic nitrogens is 2. The minimum atomic E-state index is 0.794. The Morgan fingerprint density at radius 2 is 2.29 bits per heavy atom. The van der Waals surface area contributed by atoms with Gasteiger partial charge in [-0.15, -0.1) is 0 Å². The van der Waals surface area contributed by atoms with Crippen LogP contribution in [0.3, 0.4) is 0 Å². The molecule has 0 aliphatic carbocycles. The number of aryl methyl sites for hydroxylation is 1. The van der Waals surface area contributed by atoms with E-state index in [1.54, 1.807) is 12.5 Å². The lowest BCUT2D eigenvalue weighted by atomic mass is 10.1. The lowest BCUT2D eigenvalue weighted by Crippen LogP contribution is -1.98. The highest BCUT2D eigenvalue weighted by molar-refractivity contribution is 5.59. The maximum atomic E-state index is 5.94. The van der Waals surface area contributed by atoms with E-state index in [-0.39, 0.29) is 0 Å². The summed E-state index contributed by atoms with van der Waals surface area (Å²) in [6, 6.07) is 6.12. The number of nitrogens with two attached hydrogens (primary N) is 1. The Balaban J connectivity index is 2.46. The van der Waals surface area contributed by atoms with Crippen molar-refractivity contribution in [3.8, 4) is 5.69 Å². The summed E-state index contributed by atoms with van der Waals surface area (Å²) in [5, 5.41) is 0. The molecule has 0 unspecified atom stereocenters. The highest BCUT2D eigenvalue weighted by Gasteiger charge is 2.01. The van der Waals surface area contributed by atoms with Crippen LogP contribution in [0.15, 0.2) is 36.9 Å². The molecule has 2 N–H and O–H groups in total. The van der Waals surface area contributed by atoms with Crippen molar-refractivity contribution in [1.29, 1.82) is 0 Å². The highest BCUT2D eigenvalue weighted by atomic mass is 15.0. The molecule has 0 aliphatic rings. The van der Waals surface area contributed by atoms with Gasteiger partial charge in [0.25, 0.3) is 0 Å². The normalized spacial score (nSPS) is 10.4. The van der Waals surface area contributed by atoms with Gasteiger partial charge in [0.2, 0.25) is 0 Å². The number of nitrogens with zero attached hydrogens (tertiary/aromatic N) is 2. The van der Waals surface area contributed by atoms with Crippen LogP contribution in [-0.4, -0.2) is 9.55 Å². The summed E-state index contributed by atoms with van der Waals surface area (Å²) in [6.45, 7) is 2.12. The van der Waals surface area contributed by atoms with E-state index in [0.29, 0.717) is 0 Å². The first-order valence-corrected chi connectivity index (χ1v) is 4.68. The molecule has 0 radical (unpaired) electrons. The number of imidazole rings is 1. The van der Waals surface area contributed by atoms with Crippen LogP contribution in [0.5, 0.6) is 0 Å². The standard InChI is InChI=1S/C11H13N3/c1-2-9-3-4-11(10(12)7-9)14-6-5-13-8-14/h3-8H,2,12H2,1H3. The van der Waals surface area contributed by atoms with Crippen molar-refractivity contribution in [3.05, 3.63) is 42.5 Å². The van der Waals surface area contributed by atoms with Gasteiger partial charge in [0, 0.05) is 12.4 Å². The van der Waals surface area contributed by atoms with Crippen molar-refractivity contribution < 1.29 is 0 Å². The van der Waals surface area contributed by atoms with E-state index in [4.69, 9.17) is 5.73 Å². The highest BCUT2D eigenvalue weighted by Crippen LogP contribution is 2.18. The third kappa shape index (κ3) is 1.48. The number of nitrogen functional groups attached to an aromatic ring is 1. The molecule has 1 heterocycles. The Morgan fingerprint density at radius 3 is 2.86 bits per heavy atom. The average molecular weight is 187 g/mol. The molecular formula is C11H13N3. The van der Waals surface area contributed by atoms with Gasteiger partial charge < -0.3 is 10.3 Å². The Bertz CT molecular complexity index is 418. The summed E-state index contributed by atoms with van der Waals surface area (Å²) in [6.07, 6.45) is 6.39.